The summed E-state index contributed by atoms with van der Waals surface area (Å²) < 4.78 is 0. The topological polar surface area (TPSA) is 110 Å². The number of aliphatic hydroxyl groups is 2. The molecule has 0 aliphatic heterocycles. The molecule has 0 bridgehead atoms. The molecule has 2 unspecified atom stereocenters. The van der Waals surface area contributed by atoms with Gasteiger partial charge in [-0.3, -0.25) is 0 Å². The average molecular weight is 271 g/mol. The Morgan fingerprint density at radius 2 is 1.63 bits per heavy atom. The number of carboxylic acids is 1. The summed E-state index contributed by atoms with van der Waals surface area (Å²) in [5.41, 5.74) is -0.0671. The highest BCUT2D eigenvalue weighted by Crippen LogP contribution is 2.14. The van der Waals surface area contributed by atoms with E-state index in [-0.39, 0.29) is 23.5 Å². The van der Waals surface area contributed by atoms with E-state index < -0.39 is 5.97 Å². The fourth-order valence-corrected chi connectivity index (χ4v) is 1.16. The van der Waals surface area contributed by atoms with Crippen molar-refractivity contribution in [3.8, 4) is 5.75 Å². The molecule has 0 fully saturated rings. The van der Waals surface area contributed by atoms with Crippen LogP contribution in [0.1, 0.15) is 24.2 Å². The number of para-hydroxylation sites is 1. The van der Waals surface area contributed by atoms with Crippen molar-refractivity contribution in [1.82, 2.24) is 5.32 Å². The standard InChI is InChI=1S/C7H6O3.C6H15NO2/c8-6-4-2-1-3-5(6)7(9)10;1-5(8)3-7-4-6(2)9/h1-4,8H,(H,9,10);5-9H,3-4H2,1-2H3. The first-order valence-corrected chi connectivity index (χ1v) is 5.92. The third-order valence-electron chi connectivity index (χ3n) is 2.01. The lowest BCUT2D eigenvalue weighted by Crippen LogP contribution is -2.30. The minimum atomic E-state index is -1.11. The second kappa shape index (κ2) is 9.32. The van der Waals surface area contributed by atoms with Crippen LogP contribution in [0.25, 0.3) is 0 Å². The summed E-state index contributed by atoms with van der Waals surface area (Å²) in [5.74, 6) is -1.31. The van der Waals surface area contributed by atoms with Gasteiger partial charge in [0.2, 0.25) is 0 Å². The molecule has 0 spiro atoms. The van der Waals surface area contributed by atoms with Crippen LogP contribution < -0.4 is 5.32 Å². The number of hydrogen-bond acceptors (Lipinski definition) is 5. The van der Waals surface area contributed by atoms with Gasteiger partial charge in [0.15, 0.2) is 0 Å². The summed E-state index contributed by atoms with van der Waals surface area (Å²) in [6.45, 7) is 4.50. The molecule has 6 heteroatoms. The molecule has 0 saturated carbocycles. The van der Waals surface area contributed by atoms with Gasteiger partial charge < -0.3 is 25.7 Å². The number of aliphatic hydroxyl groups excluding tert-OH is 2. The Balaban J connectivity index is 0.000000344. The largest absolute Gasteiger partial charge is 0.507 e. The van der Waals surface area contributed by atoms with Gasteiger partial charge in [-0.15, -0.1) is 0 Å². The van der Waals surface area contributed by atoms with Gasteiger partial charge in [0.1, 0.15) is 11.3 Å². The summed E-state index contributed by atoms with van der Waals surface area (Å²) in [6.07, 6.45) is -0.660. The molecule has 0 amide bonds. The van der Waals surface area contributed by atoms with E-state index in [1.165, 1.54) is 12.1 Å². The van der Waals surface area contributed by atoms with Crippen LogP contribution in [0.2, 0.25) is 0 Å². The van der Waals surface area contributed by atoms with Gasteiger partial charge in [-0.2, -0.15) is 0 Å². The van der Waals surface area contributed by atoms with Crippen LogP contribution in [0.15, 0.2) is 24.3 Å². The van der Waals surface area contributed by atoms with E-state index in [0.717, 1.165) is 0 Å². The smallest absolute Gasteiger partial charge is 0.339 e. The molecular weight excluding hydrogens is 250 g/mol. The summed E-state index contributed by atoms with van der Waals surface area (Å²) >= 11 is 0. The number of aromatic hydroxyl groups is 1. The van der Waals surface area contributed by atoms with Crippen molar-refractivity contribution in [2.75, 3.05) is 13.1 Å². The number of nitrogens with one attached hydrogen (secondary N) is 1. The molecule has 0 aliphatic carbocycles. The molecule has 0 saturated heterocycles. The molecule has 108 valence electrons. The Morgan fingerprint density at radius 3 is 1.95 bits per heavy atom. The third-order valence-corrected chi connectivity index (χ3v) is 2.01. The molecule has 6 nitrogen and oxygen atoms in total. The SMILES string of the molecule is CC(O)CNCC(C)O.O=C(O)c1ccccc1O. The molecule has 0 heterocycles. The van der Waals surface area contributed by atoms with Gasteiger partial charge in [0, 0.05) is 13.1 Å². The van der Waals surface area contributed by atoms with E-state index in [1.54, 1.807) is 26.0 Å². The van der Waals surface area contributed by atoms with E-state index in [1.807, 2.05) is 0 Å². The van der Waals surface area contributed by atoms with Gasteiger partial charge in [0.25, 0.3) is 0 Å². The third kappa shape index (κ3) is 9.01. The Labute approximate surface area is 112 Å². The van der Waals surface area contributed by atoms with Gasteiger partial charge in [-0.1, -0.05) is 12.1 Å². The van der Waals surface area contributed by atoms with E-state index in [4.69, 9.17) is 20.4 Å². The number of carboxylic acid groups (broad SMARTS) is 1. The average Bonchev–Trinajstić information content (AvgIpc) is 2.29. The first kappa shape index (κ1) is 17.4. The van der Waals surface area contributed by atoms with Crippen LogP contribution in [0.3, 0.4) is 0 Å². The molecule has 1 rings (SSSR count). The van der Waals surface area contributed by atoms with Crippen LogP contribution in [0.4, 0.5) is 0 Å². The van der Waals surface area contributed by atoms with Gasteiger partial charge in [0.05, 0.1) is 12.2 Å². The summed E-state index contributed by atoms with van der Waals surface area (Å²) in [4.78, 5) is 10.3. The van der Waals surface area contributed by atoms with Crippen molar-refractivity contribution in [3.63, 3.8) is 0 Å². The number of aromatic carboxylic acids is 1. The van der Waals surface area contributed by atoms with E-state index in [2.05, 4.69) is 5.32 Å². The van der Waals surface area contributed by atoms with E-state index in [9.17, 15) is 4.79 Å². The molecule has 1 aromatic rings. The van der Waals surface area contributed by atoms with Gasteiger partial charge >= 0.3 is 5.97 Å². The number of phenols is 1. The van der Waals surface area contributed by atoms with Crippen LogP contribution in [-0.2, 0) is 0 Å². The highest BCUT2D eigenvalue weighted by Gasteiger charge is 2.05. The second-order valence-corrected chi connectivity index (χ2v) is 4.18. The second-order valence-electron chi connectivity index (χ2n) is 4.18. The zero-order valence-corrected chi connectivity index (χ0v) is 11.1. The monoisotopic (exact) mass is 271 g/mol. The quantitative estimate of drug-likeness (QED) is 0.531. The van der Waals surface area contributed by atoms with Crippen LogP contribution in [0, 0.1) is 0 Å². The van der Waals surface area contributed by atoms with Crippen molar-refractivity contribution in [1.29, 1.82) is 0 Å². The fourth-order valence-electron chi connectivity index (χ4n) is 1.16. The lowest BCUT2D eigenvalue weighted by atomic mass is 10.2. The molecular formula is C13H21NO5. The Morgan fingerprint density at radius 1 is 1.16 bits per heavy atom. The summed E-state index contributed by atoms with van der Waals surface area (Å²) in [5, 5.41) is 37.6. The van der Waals surface area contributed by atoms with Crippen molar-refractivity contribution >= 4 is 5.97 Å². The molecule has 0 aliphatic rings. The maximum atomic E-state index is 10.3. The maximum Gasteiger partial charge on any atom is 0.339 e. The van der Waals surface area contributed by atoms with Gasteiger partial charge in [-0.25, -0.2) is 4.79 Å². The lowest BCUT2D eigenvalue weighted by Gasteiger charge is -2.07. The van der Waals surface area contributed by atoms with E-state index in [0.29, 0.717) is 13.1 Å². The predicted molar refractivity (Wildman–Crippen MR) is 71.3 cm³/mol. The summed E-state index contributed by atoms with van der Waals surface area (Å²) in [6, 6.07) is 5.81. The fraction of sp³-hybridized carbons (Fsp3) is 0.462. The molecule has 0 aromatic heterocycles. The van der Waals surface area contributed by atoms with Gasteiger partial charge in [-0.05, 0) is 26.0 Å². The lowest BCUT2D eigenvalue weighted by molar-refractivity contribution is 0.0693. The van der Waals surface area contributed by atoms with Crippen LogP contribution in [-0.4, -0.2) is 51.7 Å². The van der Waals surface area contributed by atoms with E-state index >= 15 is 0 Å². The van der Waals surface area contributed by atoms with Crippen molar-refractivity contribution < 1.29 is 25.2 Å². The highest BCUT2D eigenvalue weighted by molar-refractivity contribution is 5.90. The highest BCUT2D eigenvalue weighted by atomic mass is 16.4. The maximum absolute atomic E-state index is 10.3. The van der Waals surface area contributed by atoms with Crippen molar-refractivity contribution in [2.24, 2.45) is 0 Å². The predicted octanol–water partition coefficient (Wildman–Crippen LogP) is 0.428. The van der Waals surface area contributed by atoms with Crippen LogP contribution >= 0.6 is 0 Å². The molecule has 0 radical (unpaired) electrons. The Bertz CT molecular complexity index is 371. The van der Waals surface area contributed by atoms with Crippen molar-refractivity contribution in [3.05, 3.63) is 29.8 Å². The Kier molecular flexibility index (Phi) is 8.52. The minimum Gasteiger partial charge on any atom is -0.507 e. The normalized spacial score (nSPS) is 13.1. The van der Waals surface area contributed by atoms with Crippen molar-refractivity contribution in [2.45, 2.75) is 26.1 Å². The zero-order chi connectivity index (χ0) is 14.8. The number of carbonyl (C=O) groups is 1. The zero-order valence-electron chi connectivity index (χ0n) is 11.1. The number of benzene rings is 1. The molecule has 2 atom stereocenters. The van der Waals surface area contributed by atoms with Crippen LogP contribution in [0.5, 0.6) is 5.75 Å². The number of hydrogen-bond donors (Lipinski definition) is 5. The molecule has 1 aromatic carbocycles. The Hall–Kier alpha value is -1.63. The summed E-state index contributed by atoms with van der Waals surface area (Å²) in [7, 11) is 0. The number of rotatable bonds is 5. The first-order valence-electron chi connectivity index (χ1n) is 5.92. The molecule has 5 N–H and O–H groups in total. The minimum absolute atomic E-state index is 0.0671. The first-order chi connectivity index (χ1) is 8.84. The molecule has 19 heavy (non-hydrogen) atoms.